The van der Waals surface area contributed by atoms with E-state index < -0.39 is 24.4 Å². The molecule has 0 bridgehead atoms. The maximum Gasteiger partial charge on any atom is 0.309 e. The van der Waals surface area contributed by atoms with Gasteiger partial charge in [-0.2, -0.15) is 0 Å². The lowest BCUT2D eigenvalue weighted by atomic mass is 9.97. The Kier molecular flexibility index (Phi) is 7.13. The Morgan fingerprint density at radius 1 is 1.00 bits per heavy atom. The highest BCUT2D eigenvalue weighted by atomic mass is 32.1. The fraction of sp³-hybridized carbons (Fsp3) is 0.333. The molecule has 1 saturated heterocycles. The van der Waals surface area contributed by atoms with Crippen molar-refractivity contribution in [2.45, 2.75) is 19.3 Å². The number of carbonyl (C=O) groups excluding carboxylic acids is 4. The number of nitrogens with one attached hydrogen (secondary N) is 1. The molecule has 3 amide bonds. The van der Waals surface area contributed by atoms with E-state index in [0.717, 1.165) is 5.56 Å². The van der Waals surface area contributed by atoms with Crippen molar-refractivity contribution in [3.8, 4) is 0 Å². The summed E-state index contributed by atoms with van der Waals surface area (Å²) in [5, 5.41) is 4.07. The van der Waals surface area contributed by atoms with Crippen molar-refractivity contribution in [3.05, 3.63) is 58.3 Å². The number of ether oxygens (including phenoxy) is 1. The maximum atomic E-state index is 12.3. The van der Waals surface area contributed by atoms with E-state index in [2.05, 4.69) is 5.32 Å². The van der Waals surface area contributed by atoms with Crippen molar-refractivity contribution < 1.29 is 23.9 Å². The molecule has 2 aromatic rings. The summed E-state index contributed by atoms with van der Waals surface area (Å²) in [4.78, 5) is 50.6. The van der Waals surface area contributed by atoms with Gasteiger partial charge in [0, 0.05) is 13.1 Å². The molecule has 0 unspecified atom stereocenters. The normalized spacial score (nSPS) is 14.3. The monoisotopic (exact) mass is 414 g/mol. The molecule has 0 atom stereocenters. The number of hydrogen-bond acceptors (Lipinski definition) is 6. The van der Waals surface area contributed by atoms with Crippen LogP contribution < -0.4 is 5.32 Å². The van der Waals surface area contributed by atoms with Crippen molar-refractivity contribution in [3.63, 3.8) is 0 Å². The topological polar surface area (TPSA) is 92.8 Å². The summed E-state index contributed by atoms with van der Waals surface area (Å²) in [6.07, 6.45) is 1.06. The number of thiophene rings is 1. The van der Waals surface area contributed by atoms with Gasteiger partial charge in [-0.1, -0.05) is 36.4 Å². The van der Waals surface area contributed by atoms with Gasteiger partial charge in [0.05, 0.1) is 17.2 Å². The molecule has 2 heterocycles. The smallest absolute Gasteiger partial charge is 0.309 e. The first-order valence-corrected chi connectivity index (χ1v) is 10.3. The summed E-state index contributed by atoms with van der Waals surface area (Å²) in [5.74, 6) is -1.94. The standard InChI is InChI=1S/C21H22N2O5S/c24-18(13-15-5-2-1-3-6-15)22-19(25)14-28-21(27)16-8-10-23(11-9-16)20(26)17-7-4-12-29-17/h1-7,12,16H,8-11,13-14H2,(H,22,24,25). The van der Waals surface area contributed by atoms with Gasteiger partial charge in [-0.05, 0) is 29.9 Å². The zero-order valence-electron chi connectivity index (χ0n) is 15.8. The molecule has 1 fully saturated rings. The quantitative estimate of drug-likeness (QED) is 0.730. The van der Waals surface area contributed by atoms with Crippen LogP contribution >= 0.6 is 11.3 Å². The van der Waals surface area contributed by atoms with Crippen LogP contribution in [0.15, 0.2) is 47.8 Å². The fourth-order valence-electron chi connectivity index (χ4n) is 3.15. The second-order valence-corrected chi connectivity index (χ2v) is 7.73. The first-order valence-electron chi connectivity index (χ1n) is 9.39. The number of likely N-dealkylation sites (tertiary alicyclic amines) is 1. The molecule has 3 rings (SSSR count). The number of piperidine rings is 1. The summed E-state index contributed by atoms with van der Waals surface area (Å²) < 4.78 is 5.06. The van der Waals surface area contributed by atoms with Crippen LogP contribution in [-0.4, -0.2) is 48.3 Å². The summed E-state index contributed by atoms with van der Waals surface area (Å²) in [6.45, 7) is 0.449. The first kappa shape index (κ1) is 20.7. The second-order valence-electron chi connectivity index (χ2n) is 6.79. The third-order valence-electron chi connectivity index (χ3n) is 4.68. The van der Waals surface area contributed by atoms with Gasteiger partial charge in [-0.15, -0.1) is 11.3 Å². The summed E-state index contributed by atoms with van der Waals surface area (Å²) in [6, 6.07) is 12.7. The van der Waals surface area contributed by atoms with Gasteiger partial charge in [0.1, 0.15) is 0 Å². The average molecular weight is 414 g/mol. The highest BCUT2D eigenvalue weighted by Gasteiger charge is 2.29. The average Bonchev–Trinajstić information content (AvgIpc) is 3.27. The highest BCUT2D eigenvalue weighted by molar-refractivity contribution is 7.12. The molecule has 8 heteroatoms. The number of nitrogens with zero attached hydrogens (tertiary/aromatic N) is 1. The molecule has 0 aliphatic carbocycles. The Hall–Kier alpha value is -3.00. The molecule has 29 heavy (non-hydrogen) atoms. The zero-order chi connectivity index (χ0) is 20.6. The fourth-order valence-corrected chi connectivity index (χ4v) is 3.84. The molecule has 1 N–H and O–H groups in total. The number of hydrogen-bond donors (Lipinski definition) is 1. The van der Waals surface area contributed by atoms with E-state index in [1.165, 1.54) is 11.3 Å². The lowest BCUT2D eigenvalue weighted by Crippen LogP contribution is -2.41. The van der Waals surface area contributed by atoms with Crippen LogP contribution in [0.4, 0.5) is 0 Å². The van der Waals surface area contributed by atoms with E-state index in [9.17, 15) is 19.2 Å². The van der Waals surface area contributed by atoms with E-state index in [0.29, 0.717) is 30.8 Å². The molecule has 1 aliphatic heterocycles. The predicted octanol–water partition coefficient (Wildman–Crippen LogP) is 2.03. The van der Waals surface area contributed by atoms with Crippen molar-refractivity contribution in [1.82, 2.24) is 10.2 Å². The largest absolute Gasteiger partial charge is 0.455 e. The third kappa shape index (κ3) is 5.99. The van der Waals surface area contributed by atoms with E-state index in [1.54, 1.807) is 23.1 Å². The van der Waals surface area contributed by atoms with Crippen LogP contribution in [0.3, 0.4) is 0 Å². The Balaban J connectivity index is 1.37. The number of amides is 3. The van der Waals surface area contributed by atoms with Gasteiger partial charge < -0.3 is 9.64 Å². The first-order chi connectivity index (χ1) is 14.0. The number of esters is 1. The number of imide groups is 1. The van der Waals surface area contributed by atoms with Crippen LogP contribution in [0.1, 0.15) is 28.1 Å². The highest BCUT2D eigenvalue weighted by Crippen LogP contribution is 2.21. The molecular weight excluding hydrogens is 392 g/mol. The minimum absolute atomic E-state index is 0.0249. The van der Waals surface area contributed by atoms with E-state index >= 15 is 0 Å². The number of rotatable bonds is 6. The molecule has 1 aromatic heterocycles. The summed E-state index contributed by atoms with van der Waals surface area (Å²) in [5.41, 5.74) is 0.790. The predicted molar refractivity (Wildman–Crippen MR) is 107 cm³/mol. The van der Waals surface area contributed by atoms with Crippen LogP contribution in [-0.2, 0) is 25.5 Å². The van der Waals surface area contributed by atoms with Gasteiger partial charge in [0.25, 0.3) is 11.8 Å². The van der Waals surface area contributed by atoms with Crippen LogP contribution in [0.5, 0.6) is 0 Å². The Bertz CT molecular complexity index is 858. The molecule has 1 aliphatic rings. The Labute approximate surface area is 172 Å². The number of benzene rings is 1. The molecule has 0 spiro atoms. The van der Waals surface area contributed by atoms with Gasteiger partial charge in [0.2, 0.25) is 5.91 Å². The van der Waals surface area contributed by atoms with E-state index in [4.69, 9.17) is 4.74 Å². The molecule has 152 valence electrons. The van der Waals surface area contributed by atoms with Crippen LogP contribution in [0, 0.1) is 5.92 Å². The maximum absolute atomic E-state index is 12.3. The molecule has 7 nitrogen and oxygen atoms in total. The Morgan fingerprint density at radius 3 is 2.38 bits per heavy atom. The van der Waals surface area contributed by atoms with Gasteiger partial charge in [-0.25, -0.2) is 0 Å². The van der Waals surface area contributed by atoms with Crippen molar-refractivity contribution in [1.29, 1.82) is 0 Å². The van der Waals surface area contributed by atoms with Gasteiger partial charge >= 0.3 is 5.97 Å². The van der Waals surface area contributed by atoms with Crippen molar-refractivity contribution >= 4 is 35.0 Å². The molecule has 1 aromatic carbocycles. The molecule has 0 saturated carbocycles. The molecular formula is C21H22N2O5S. The summed E-state index contributed by atoms with van der Waals surface area (Å²) in [7, 11) is 0. The van der Waals surface area contributed by atoms with Crippen molar-refractivity contribution in [2.24, 2.45) is 5.92 Å². The lowest BCUT2D eigenvalue weighted by molar-refractivity contribution is -0.154. The minimum Gasteiger partial charge on any atom is -0.455 e. The van der Waals surface area contributed by atoms with Crippen molar-refractivity contribution in [2.75, 3.05) is 19.7 Å². The van der Waals surface area contributed by atoms with Gasteiger partial charge in [-0.3, -0.25) is 24.5 Å². The molecule has 0 radical (unpaired) electrons. The third-order valence-corrected chi connectivity index (χ3v) is 5.54. The zero-order valence-corrected chi connectivity index (χ0v) is 16.7. The van der Waals surface area contributed by atoms with Gasteiger partial charge in [0.15, 0.2) is 6.61 Å². The lowest BCUT2D eigenvalue weighted by Gasteiger charge is -2.30. The van der Waals surface area contributed by atoms with E-state index in [1.807, 2.05) is 29.6 Å². The minimum atomic E-state index is -0.649. The SMILES string of the molecule is O=C(COC(=O)C1CCN(C(=O)c2cccs2)CC1)NC(=O)Cc1ccccc1. The van der Waals surface area contributed by atoms with E-state index in [-0.39, 0.29) is 18.2 Å². The Morgan fingerprint density at radius 2 is 1.72 bits per heavy atom. The second kappa shape index (κ2) is 9.97. The summed E-state index contributed by atoms with van der Waals surface area (Å²) >= 11 is 1.39. The van der Waals surface area contributed by atoms with Crippen LogP contribution in [0.2, 0.25) is 0 Å². The van der Waals surface area contributed by atoms with Crippen LogP contribution in [0.25, 0.3) is 0 Å². The number of carbonyl (C=O) groups is 4.